The average Bonchev–Trinajstić information content (AvgIpc) is 3.13. The van der Waals surface area contributed by atoms with Gasteiger partial charge < -0.3 is 10.1 Å². The van der Waals surface area contributed by atoms with Crippen molar-refractivity contribution in [1.82, 2.24) is 15.1 Å². The van der Waals surface area contributed by atoms with E-state index < -0.39 is 0 Å². The first-order valence-electron chi connectivity index (χ1n) is 10.2. The molecule has 0 spiro atoms. The van der Waals surface area contributed by atoms with E-state index in [4.69, 9.17) is 4.74 Å². The maximum absolute atomic E-state index is 12.7. The molecule has 3 aromatic rings. The third-order valence-electron chi connectivity index (χ3n) is 5.05. The average molecular weight is 392 g/mol. The van der Waals surface area contributed by atoms with Crippen LogP contribution in [0.25, 0.3) is 0 Å². The minimum atomic E-state index is -0.111. The van der Waals surface area contributed by atoms with Gasteiger partial charge in [0.25, 0.3) is 5.91 Å². The molecular formula is C24H29N3O2. The molecule has 0 radical (unpaired) electrons. The SMILES string of the molecule is CCc1ccc(OCc2cccc(C(=O)NC(C)c3cn(CC)nc3C)c2)cc1. The zero-order valence-electron chi connectivity index (χ0n) is 17.6. The van der Waals surface area contributed by atoms with Crippen molar-refractivity contribution in [3.05, 3.63) is 82.7 Å². The molecule has 0 aliphatic carbocycles. The quantitative estimate of drug-likeness (QED) is 0.597. The van der Waals surface area contributed by atoms with Crippen molar-refractivity contribution < 1.29 is 9.53 Å². The van der Waals surface area contributed by atoms with Gasteiger partial charge in [-0.1, -0.05) is 31.2 Å². The third kappa shape index (κ3) is 5.25. The van der Waals surface area contributed by atoms with Crippen LogP contribution in [-0.2, 0) is 19.6 Å². The predicted octanol–water partition coefficient (Wildman–Crippen LogP) is 4.84. The smallest absolute Gasteiger partial charge is 0.251 e. The molecule has 0 bridgehead atoms. The Labute approximate surface area is 172 Å². The molecule has 1 heterocycles. The van der Waals surface area contributed by atoms with Gasteiger partial charge in [0.15, 0.2) is 0 Å². The monoisotopic (exact) mass is 391 g/mol. The molecule has 0 aliphatic heterocycles. The standard InChI is InChI=1S/C24H29N3O2/c1-5-19-10-12-22(13-11-19)29-16-20-8-7-9-21(14-20)24(28)25-17(3)23-15-27(6-2)26-18(23)4/h7-15,17H,5-6,16H2,1-4H3,(H,25,28). The number of carbonyl (C=O) groups is 1. The molecule has 29 heavy (non-hydrogen) atoms. The van der Waals surface area contributed by atoms with E-state index in [-0.39, 0.29) is 11.9 Å². The number of benzene rings is 2. The minimum Gasteiger partial charge on any atom is -0.489 e. The summed E-state index contributed by atoms with van der Waals surface area (Å²) in [6.07, 6.45) is 3.00. The molecule has 1 unspecified atom stereocenters. The van der Waals surface area contributed by atoms with Gasteiger partial charge >= 0.3 is 0 Å². The van der Waals surface area contributed by atoms with Crippen LogP contribution < -0.4 is 10.1 Å². The van der Waals surface area contributed by atoms with E-state index in [2.05, 4.69) is 29.5 Å². The first-order chi connectivity index (χ1) is 14.0. The van der Waals surface area contributed by atoms with Gasteiger partial charge in [-0.15, -0.1) is 0 Å². The molecule has 1 N–H and O–H groups in total. The van der Waals surface area contributed by atoms with Gasteiger partial charge in [0.2, 0.25) is 0 Å². The van der Waals surface area contributed by atoms with Crippen LogP contribution in [0.5, 0.6) is 5.75 Å². The van der Waals surface area contributed by atoms with Crippen molar-refractivity contribution >= 4 is 5.91 Å². The van der Waals surface area contributed by atoms with Crippen LogP contribution in [0.15, 0.2) is 54.7 Å². The Morgan fingerprint density at radius 2 is 1.90 bits per heavy atom. The van der Waals surface area contributed by atoms with Crippen molar-refractivity contribution in [2.75, 3.05) is 0 Å². The molecule has 5 heteroatoms. The first kappa shape index (κ1) is 20.6. The highest BCUT2D eigenvalue weighted by Crippen LogP contribution is 2.18. The lowest BCUT2D eigenvalue weighted by molar-refractivity contribution is 0.0939. The molecule has 2 aromatic carbocycles. The van der Waals surface area contributed by atoms with Gasteiger partial charge in [-0.05, 0) is 62.6 Å². The highest BCUT2D eigenvalue weighted by atomic mass is 16.5. The number of rotatable bonds is 8. The second kappa shape index (κ2) is 9.41. The molecule has 0 saturated carbocycles. The normalized spacial score (nSPS) is 11.9. The Morgan fingerprint density at radius 1 is 1.14 bits per heavy atom. The van der Waals surface area contributed by atoms with Crippen LogP contribution in [0.4, 0.5) is 0 Å². The van der Waals surface area contributed by atoms with Gasteiger partial charge in [0, 0.05) is 23.9 Å². The van der Waals surface area contributed by atoms with Crippen LogP contribution in [0.2, 0.25) is 0 Å². The van der Waals surface area contributed by atoms with E-state index in [1.54, 1.807) is 0 Å². The number of hydrogen-bond donors (Lipinski definition) is 1. The predicted molar refractivity (Wildman–Crippen MR) is 115 cm³/mol. The maximum atomic E-state index is 12.7. The number of amides is 1. The van der Waals surface area contributed by atoms with Crippen LogP contribution in [0, 0.1) is 6.92 Å². The second-order valence-electron chi connectivity index (χ2n) is 7.21. The lowest BCUT2D eigenvalue weighted by Gasteiger charge is -2.14. The Kier molecular flexibility index (Phi) is 6.70. The number of nitrogens with zero attached hydrogens (tertiary/aromatic N) is 2. The highest BCUT2D eigenvalue weighted by molar-refractivity contribution is 5.94. The van der Waals surface area contributed by atoms with Crippen LogP contribution in [0.3, 0.4) is 0 Å². The van der Waals surface area contributed by atoms with Crippen LogP contribution in [-0.4, -0.2) is 15.7 Å². The van der Waals surface area contributed by atoms with Crippen molar-refractivity contribution in [2.24, 2.45) is 0 Å². The Morgan fingerprint density at radius 3 is 2.55 bits per heavy atom. The van der Waals surface area contributed by atoms with Gasteiger partial charge in [-0.25, -0.2) is 0 Å². The van der Waals surface area contributed by atoms with E-state index >= 15 is 0 Å². The number of carbonyl (C=O) groups excluding carboxylic acids is 1. The Balaban J connectivity index is 1.63. The molecule has 0 fully saturated rings. The summed E-state index contributed by atoms with van der Waals surface area (Å²) in [5, 5.41) is 7.53. The number of hydrogen-bond acceptors (Lipinski definition) is 3. The third-order valence-corrected chi connectivity index (χ3v) is 5.05. The van der Waals surface area contributed by atoms with Gasteiger partial charge in [-0.3, -0.25) is 9.48 Å². The Hall–Kier alpha value is -3.08. The lowest BCUT2D eigenvalue weighted by atomic mass is 10.1. The van der Waals surface area contributed by atoms with Crippen molar-refractivity contribution in [1.29, 1.82) is 0 Å². The van der Waals surface area contributed by atoms with Crippen molar-refractivity contribution in [2.45, 2.75) is 53.3 Å². The van der Waals surface area contributed by atoms with E-state index in [1.807, 2.05) is 68.0 Å². The van der Waals surface area contributed by atoms with E-state index in [9.17, 15) is 4.79 Å². The summed E-state index contributed by atoms with van der Waals surface area (Å²) >= 11 is 0. The largest absolute Gasteiger partial charge is 0.489 e. The molecule has 0 saturated heterocycles. The summed E-state index contributed by atoms with van der Waals surface area (Å²) in [7, 11) is 0. The number of ether oxygens (including phenoxy) is 1. The van der Waals surface area contributed by atoms with E-state index in [0.29, 0.717) is 12.2 Å². The Bertz CT molecular complexity index is 961. The summed E-state index contributed by atoms with van der Waals surface area (Å²) in [5.41, 5.74) is 4.84. The summed E-state index contributed by atoms with van der Waals surface area (Å²) in [4.78, 5) is 12.7. The van der Waals surface area contributed by atoms with Crippen molar-refractivity contribution in [3.8, 4) is 5.75 Å². The number of nitrogens with one attached hydrogen (secondary N) is 1. The zero-order chi connectivity index (χ0) is 20.8. The fourth-order valence-electron chi connectivity index (χ4n) is 3.27. The molecule has 5 nitrogen and oxygen atoms in total. The van der Waals surface area contributed by atoms with E-state index in [0.717, 1.165) is 35.5 Å². The van der Waals surface area contributed by atoms with Crippen LogP contribution in [0.1, 0.15) is 59.6 Å². The molecule has 3 rings (SSSR count). The van der Waals surface area contributed by atoms with Crippen LogP contribution >= 0.6 is 0 Å². The molecule has 152 valence electrons. The zero-order valence-corrected chi connectivity index (χ0v) is 17.6. The number of aromatic nitrogens is 2. The second-order valence-corrected chi connectivity index (χ2v) is 7.21. The summed E-state index contributed by atoms with van der Waals surface area (Å²) in [5.74, 6) is 0.726. The maximum Gasteiger partial charge on any atom is 0.251 e. The summed E-state index contributed by atoms with van der Waals surface area (Å²) in [6.45, 7) is 9.36. The molecule has 1 amide bonds. The molecule has 1 atom stereocenters. The lowest BCUT2D eigenvalue weighted by Crippen LogP contribution is -2.27. The number of aryl methyl sites for hydroxylation is 3. The van der Waals surface area contributed by atoms with Crippen molar-refractivity contribution in [3.63, 3.8) is 0 Å². The summed E-state index contributed by atoms with van der Waals surface area (Å²) in [6, 6.07) is 15.6. The highest BCUT2D eigenvalue weighted by Gasteiger charge is 2.16. The summed E-state index contributed by atoms with van der Waals surface area (Å²) < 4.78 is 7.75. The molecule has 0 aliphatic rings. The minimum absolute atomic E-state index is 0.102. The van der Waals surface area contributed by atoms with Gasteiger partial charge in [0.05, 0.1) is 11.7 Å². The van der Waals surface area contributed by atoms with Gasteiger partial charge in [-0.2, -0.15) is 5.10 Å². The topological polar surface area (TPSA) is 56.1 Å². The van der Waals surface area contributed by atoms with Gasteiger partial charge in [0.1, 0.15) is 12.4 Å². The fourth-order valence-corrected chi connectivity index (χ4v) is 3.27. The first-order valence-corrected chi connectivity index (χ1v) is 10.2. The molecular weight excluding hydrogens is 362 g/mol. The molecule has 1 aromatic heterocycles. The van der Waals surface area contributed by atoms with E-state index in [1.165, 1.54) is 5.56 Å². The fraction of sp³-hybridized carbons (Fsp3) is 0.333.